The lowest BCUT2D eigenvalue weighted by Gasteiger charge is -2.22. The summed E-state index contributed by atoms with van der Waals surface area (Å²) in [5, 5.41) is 3.32. The molecule has 6 nitrogen and oxygen atoms in total. The van der Waals surface area contributed by atoms with E-state index in [0.29, 0.717) is 23.5 Å². The Labute approximate surface area is 196 Å². The molecule has 1 aromatic heterocycles. The number of hydrogen-bond donors (Lipinski definition) is 2. The minimum Gasteiger partial charge on any atom is -0.367 e. The number of nitrogens with two attached hydrogens (primary N) is 1. The standard InChI is InChI=1S/C26H36FN5O/c1-5-8-9-13-23(20(7-3)18-33)30-26-24(32-14-10-11-15-32)17-29-25(31-26)21(16-19(4)28)22(27)12-6-2/h7-9,12-13,16-19H,5-6,10-11,14-15,28H2,1-4H3,(H,29,30,31)/b9-8+,20-7-,21-16+,22-12+,23-13+. The van der Waals surface area contributed by atoms with E-state index in [1.54, 1.807) is 25.3 Å². The third-order valence-corrected chi connectivity index (χ3v) is 5.16. The third kappa shape index (κ3) is 7.49. The van der Waals surface area contributed by atoms with Gasteiger partial charge in [0, 0.05) is 30.4 Å². The number of nitrogens with one attached hydrogen (secondary N) is 1. The molecule has 0 radical (unpaired) electrons. The first-order chi connectivity index (χ1) is 15.9. The second kappa shape index (κ2) is 13.5. The van der Waals surface area contributed by atoms with Crippen molar-refractivity contribution in [1.29, 1.82) is 0 Å². The Hall–Kier alpha value is -3.06. The molecule has 1 unspecified atom stereocenters. The van der Waals surface area contributed by atoms with Gasteiger partial charge in [-0.3, -0.25) is 4.79 Å². The van der Waals surface area contributed by atoms with Gasteiger partial charge in [0.15, 0.2) is 17.9 Å². The highest BCUT2D eigenvalue weighted by atomic mass is 19.1. The highest BCUT2D eigenvalue weighted by molar-refractivity contribution is 5.84. The zero-order valence-corrected chi connectivity index (χ0v) is 20.1. The molecule has 7 heteroatoms. The van der Waals surface area contributed by atoms with E-state index in [1.165, 1.54) is 6.08 Å². The molecular weight excluding hydrogens is 417 g/mol. The Bertz CT molecular complexity index is 953. The number of aromatic nitrogens is 2. The van der Waals surface area contributed by atoms with E-state index in [2.05, 4.69) is 15.2 Å². The highest BCUT2D eigenvalue weighted by Crippen LogP contribution is 2.31. The van der Waals surface area contributed by atoms with Gasteiger partial charge in [-0.15, -0.1) is 0 Å². The first kappa shape index (κ1) is 26.2. The Balaban J connectivity index is 2.63. The lowest BCUT2D eigenvalue weighted by atomic mass is 10.1. The summed E-state index contributed by atoms with van der Waals surface area (Å²) < 4.78 is 14.9. The average molecular weight is 454 g/mol. The molecule has 0 saturated carbocycles. The van der Waals surface area contributed by atoms with Gasteiger partial charge in [-0.25, -0.2) is 14.4 Å². The maximum absolute atomic E-state index is 14.9. The smallest absolute Gasteiger partial charge is 0.164 e. The van der Waals surface area contributed by atoms with Crippen molar-refractivity contribution in [2.45, 2.75) is 59.4 Å². The van der Waals surface area contributed by atoms with E-state index in [1.807, 2.05) is 39.0 Å². The zero-order valence-electron chi connectivity index (χ0n) is 20.1. The predicted molar refractivity (Wildman–Crippen MR) is 136 cm³/mol. The Morgan fingerprint density at radius 3 is 2.61 bits per heavy atom. The molecule has 0 aromatic carbocycles. The maximum atomic E-state index is 14.9. The summed E-state index contributed by atoms with van der Waals surface area (Å²) >= 11 is 0. The van der Waals surface area contributed by atoms with Gasteiger partial charge in [-0.2, -0.15) is 0 Å². The lowest BCUT2D eigenvalue weighted by molar-refractivity contribution is -0.104. The van der Waals surface area contributed by atoms with E-state index < -0.39 is 5.83 Å². The molecule has 1 atom stereocenters. The number of carbonyl (C=O) groups is 1. The fraction of sp³-hybridized carbons (Fsp3) is 0.423. The number of carbonyl (C=O) groups excluding carboxylic acids is 1. The molecule has 0 aliphatic carbocycles. The van der Waals surface area contributed by atoms with Gasteiger partial charge in [0.2, 0.25) is 0 Å². The van der Waals surface area contributed by atoms with Crippen LogP contribution in [0, 0.1) is 0 Å². The van der Waals surface area contributed by atoms with Crippen molar-refractivity contribution < 1.29 is 9.18 Å². The van der Waals surface area contributed by atoms with E-state index in [4.69, 9.17) is 10.7 Å². The molecule has 0 spiro atoms. The Kier molecular flexibility index (Phi) is 10.7. The summed E-state index contributed by atoms with van der Waals surface area (Å²) in [5.74, 6) is 0.369. The summed E-state index contributed by atoms with van der Waals surface area (Å²) in [6, 6.07) is -0.367. The molecule has 178 valence electrons. The third-order valence-electron chi connectivity index (χ3n) is 5.16. The monoisotopic (exact) mass is 453 g/mol. The maximum Gasteiger partial charge on any atom is 0.164 e. The molecule has 1 aliphatic heterocycles. The number of anilines is 2. The quantitative estimate of drug-likeness (QED) is 0.262. The number of halogens is 1. The van der Waals surface area contributed by atoms with Crippen molar-refractivity contribution in [3.05, 3.63) is 65.6 Å². The molecule has 3 N–H and O–H groups in total. The normalized spacial score (nSPS) is 17.1. The van der Waals surface area contributed by atoms with Crippen molar-refractivity contribution in [3.63, 3.8) is 0 Å². The van der Waals surface area contributed by atoms with Gasteiger partial charge in [-0.05, 0) is 51.7 Å². The van der Waals surface area contributed by atoms with Gasteiger partial charge in [0.25, 0.3) is 0 Å². The summed E-state index contributed by atoms with van der Waals surface area (Å²) in [6.07, 6.45) is 16.7. The van der Waals surface area contributed by atoms with Crippen LogP contribution in [0.25, 0.3) is 5.57 Å². The van der Waals surface area contributed by atoms with Gasteiger partial charge >= 0.3 is 0 Å². The summed E-state index contributed by atoms with van der Waals surface area (Å²) in [7, 11) is 0. The first-order valence-electron chi connectivity index (χ1n) is 11.7. The number of allylic oxidation sites excluding steroid dienone is 8. The van der Waals surface area contributed by atoms with Crippen LogP contribution >= 0.6 is 0 Å². The van der Waals surface area contributed by atoms with Gasteiger partial charge in [0.05, 0.1) is 17.5 Å². The first-order valence-corrected chi connectivity index (χ1v) is 11.7. The van der Waals surface area contributed by atoms with Crippen LogP contribution in [0.4, 0.5) is 15.9 Å². The van der Waals surface area contributed by atoms with Crippen LogP contribution in [-0.2, 0) is 4.79 Å². The van der Waals surface area contributed by atoms with E-state index in [9.17, 15) is 9.18 Å². The van der Waals surface area contributed by atoms with Crippen LogP contribution in [0.2, 0.25) is 0 Å². The number of hydrogen-bond acceptors (Lipinski definition) is 6. The fourth-order valence-corrected chi connectivity index (χ4v) is 3.52. The minimum atomic E-state index is -0.404. The molecule has 2 rings (SSSR count). The minimum absolute atomic E-state index is 0.247. The van der Waals surface area contributed by atoms with Crippen molar-refractivity contribution in [2.75, 3.05) is 23.3 Å². The van der Waals surface area contributed by atoms with Gasteiger partial charge < -0.3 is 16.0 Å². The summed E-state index contributed by atoms with van der Waals surface area (Å²) in [6.45, 7) is 9.28. The largest absolute Gasteiger partial charge is 0.367 e. The van der Waals surface area contributed by atoms with Crippen LogP contribution in [-0.4, -0.2) is 35.4 Å². The van der Waals surface area contributed by atoms with E-state index in [-0.39, 0.29) is 17.4 Å². The van der Waals surface area contributed by atoms with Crippen LogP contribution < -0.4 is 16.0 Å². The van der Waals surface area contributed by atoms with Gasteiger partial charge in [0.1, 0.15) is 5.83 Å². The SMILES string of the molecule is C\C=C(C=O)/C(=C\C=C\CC)Nc1nc(C(=C/C(C)N)/C(F)=C\CC)ncc1N1CCCC1. The Morgan fingerprint density at radius 2 is 2.03 bits per heavy atom. The number of aldehydes is 1. The predicted octanol–water partition coefficient (Wildman–Crippen LogP) is 5.48. The van der Waals surface area contributed by atoms with Crippen LogP contribution in [0.3, 0.4) is 0 Å². The van der Waals surface area contributed by atoms with Crippen LogP contribution in [0.1, 0.15) is 59.2 Å². The zero-order chi connectivity index (χ0) is 24.2. The highest BCUT2D eigenvalue weighted by Gasteiger charge is 2.21. The molecule has 1 aliphatic rings. The average Bonchev–Trinajstić information content (AvgIpc) is 3.33. The molecule has 1 saturated heterocycles. The summed E-state index contributed by atoms with van der Waals surface area (Å²) in [5.41, 5.74) is 8.15. The van der Waals surface area contributed by atoms with Crippen molar-refractivity contribution >= 4 is 23.4 Å². The van der Waals surface area contributed by atoms with E-state index in [0.717, 1.165) is 44.3 Å². The van der Waals surface area contributed by atoms with Crippen molar-refractivity contribution in [1.82, 2.24) is 9.97 Å². The molecule has 0 bridgehead atoms. The van der Waals surface area contributed by atoms with E-state index >= 15 is 0 Å². The van der Waals surface area contributed by atoms with Gasteiger partial charge in [-0.1, -0.05) is 38.2 Å². The molecular formula is C26H36FN5O. The molecule has 1 aromatic rings. The summed E-state index contributed by atoms with van der Waals surface area (Å²) in [4.78, 5) is 23.1. The van der Waals surface area contributed by atoms with Crippen molar-refractivity contribution in [2.24, 2.45) is 5.73 Å². The lowest BCUT2D eigenvalue weighted by Crippen LogP contribution is -2.21. The molecule has 1 fully saturated rings. The van der Waals surface area contributed by atoms with Crippen LogP contribution in [0.5, 0.6) is 0 Å². The number of rotatable bonds is 11. The molecule has 33 heavy (non-hydrogen) atoms. The number of nitrogens with zero attached hydrogens (tertiary/aromatic N) is 3. The fourth-order valence-electron chi connectivity index (χ4n) is 3.52. The molecule has 2 heterocycles. The second-order valence-electron chi connectivity index (χ2n) is 7.92. The second-order valence-corrected chi connectivity index (χ2v) is 7.92. The van der Waals surface area contributed by atoms with Crippen molar-refractivity contribution in [3.8, 4) is 0 Å². The van der Waals surface area contributed by atoms with Crippen LogP contribution in [0.15, 0.2) is 59.7 Å². The topological polar surface area (TPSA) is 84.1 Å². The molecule has 0 amide bonds. The Morgan fingerprint density at radius 1 is 1.30 bits per heavy atom.